The number of aliphatic hydroxyl groups excluding tert-OH is 1. The highest BCUT2D eigenvalue weighted by Crippen LogP contribution is 2.17. The number of amides is 2. The number of likely N-dealkylation sites (tertiary alicyclic amines) is 1. The summed E-state index contributed by atoms with van der Waals surface area (Å²) < 4.78 is 0. The van der Waals surface area contributed by atoms with Gasteiger partial charge in [-0.1, -0.05) is 30.3 Å². The zero-order valence-corrected chi connectivity index (χ0v) is 11.0. The number of piperidine rings is 1. The number of rotatable bonds is 4. The number of nitrogens with two attached hydrogens (primary N) is 1. The van der Waals surface area contributed by atoms with Crippen molar-refractivity contribution in [3.05, 3.63) is 35.9 Å². The van der Waals surface area contributed by atoms with Crippen molar-refractivity contribution in [2.75, 3.05) is 19.7 Å². The molecule has 2 rings (SSSR count). The van der Waals surface area contributed by atoms with Crippen LogP contribution in [-0.2, 0) is 0 Å². The molecule has 1 heterocycles. The fourth-order valence-electron chi connectivity index (χ4n) is 2.49. The maximum absolute atomic E-state index is 11.0. The molecule has 1 saturated heterocycles. The van der Waals surface area contributed by atoms with Gasteiger partial charge >= 0.3 is 6.03 Å². The molecule has 0 saturated carbocycles. The molecule has 1 atom stereocenters. The molecule has 1 fully saturated rings. The van der Waals surface area contributed by atoms with Gasteiger partial charge < -0.3 is 21.1 Å². The number of carbonyl (C=O) groups is 1. The standard InChI is InChI=1S/C14H21N3O2/c15-14(19)17-8-6-12(7-9-17)16-13(10-18)11-4-2-1-3-5-11/h1-5,12-13,16,18H,6-10H2,(H2,15,19). The van der Waals surface area contributed by atoms with E-state index in [2.05, 4.69) is 5.32 Å². The van der Waals surface area contributed by atoms with E-state index in [1.165, 1.54) is 0 Å². The summed E-state index contributed by atoms with van der Waals surface area (Å²) in [5, 5.41) is 13.0. The molecule has 104 valence electrons. The van der Waals surface area contributed by atoms with Gasteiger partial charge in [-0.25, -0.2) is 4.79 Å². The largest absolute Gasteiger partial charge is 0.394 e. The van der Waals surface area contributed by atoms with E-state index in [0.717, 1.165) is 18.4 Å². The van der Waals surface area contributed by atoms with Crippen LogP contribution >= 0.6 is 0 Å². The summed E-state index contributed by atoms with van der Waals surface area (Å²) in [5.41, 5.74) is 6.34. The van der Waals surface area contributed by atoms with Crippen LogP contribution in [0.15, 0.2) is 30.3 Å². The fourth-order valence-corrected chi connectivity index (χ4v) is 2.49. The number of benzene rings is 1. The number of urea groups is 1. The van der Waals surface area contributed by atoms with Crippen LogP contribution in [0.25, 0.3) is 0 Å². The van der Waals surface area contributed by atoms with Gasteiger partial charge in [-0.3, -0.25) is 0 Å². The number of primary amides is 1. The van der Waals surface area contributed by atoms with Crippen molar-refractivity contribution in [3.63, 3.8) is 0 Å². The molecule has 0 aliphatic carbocycles. The maximum Gasteiger partial charge on any atom is 0.314 e. The third kappa shape index (κ3) is 3.68. The number of nitrogens with zero attached hydrogens (tertiary/aromatic N) is 1. The van der Waals surface area contributed by atoms with Gasteiger partial charge in [-0.05, 0) is 18.4 Å². The van der Waals surface area contributed by atoms with Crippen LogP contribution in [0.5, 0.6) is 0 Å². The lowest BCUT2D eigenvalue weighted by Crippen LogP contribution is -2.47. The Kier molecular flexibility index (Phi) is 4.76. The van der Waals surface area contributed by atoms with Crippen molar-refractivity contribution in [2.45, 2.75) is 24.9 Å². The van der Waals surface area contributed by atoms with Crippen molar-refractivity contribution < 1.29 is 9.90 Å². The number of carbonyl (C=O) groups excluding carboxylic acids is 1. The molecule has 0 bridgehead atoms. The maximum atomic E-state index is 11.0. The van der Waals surface area contributed by atoms with Crippen LogP contribution in [0.3, 0.4) is 0 Å². The first-order chi connectivity index (χ1) is 9.20. The summed E-state index contributed by atoms with van der Waals surface area (Å²) in [7, 11) is 0. The third-order valence-corrected chi connectivity index (χ3v) is 3.63. The summed E-state index contributed by atoms with van der Waals surface area (Å²) >= 11 is 0. The molecule has 1 aliphatic heterocycles. The second-order valence-electron chi connectivity index (χ2n) is 4.91. The van der Waals surface area contributed by atoms with Crippen molar-refractivity contribution >= 4 is 6.03 Å². The van der Waals surface area contributed by atoms with Crippen molar-refractivity contribution in [3.8, 4) is 0 Å². The average molecular weight is 263 g/mol. The second-order valence-corrected chi connectivity index (χ2v) is 4.91. The molecule has 0 aromatic heterocycles. The average Bonchev–Trinajstić information content (AvgIpc) is 2.46. The van der Waals surface area contributed by atoms with E-state index < -0.39 is 0 Å². The molecule has 2 amide bonds. The highest BCUT2D eigenvalue weighted by atomic mass is 16.3. The predicted octanol–water partition coefficient (Wildman–Crippen LogP) is 0.853. The minimum atomic E-state index is -0.347. The Labute approximate surface area is 113 Å². The third-order valence-electron chi connectivity index (χ3n) is 3.63. The molecule has 0 spiro atoms. The minimum Gasteiger partial charge on any atom is -0.394 e. The van der Waals surface area contributed by atoms with E-state index in [0.29, 0.717) is 19.1 Å². The summed E-state index contributed by atoms with van der Waals surface area (Å²) in [4.78, 5) is 12.7. The fraction of sp³-hybridized carbons (Fsp3) is 0.500. The van der Waals surface area contributed by atoms with Crippen LogP contribution in [0.1, 0.15) is 24.4 Å². The molecule has 5 nitrogen and oxygen atoms in total. The van der Waals surface area contributed by atoms with Crippen molar-refractivity contribution in [2.24, 2.45) is 5.73 Å². The molecule has 1 aromatic rings. The van der Waals surface area contributed by atoms with Gasteiger partial charge in [0.2, 0.25) is 0 Å². The van der Waals surface area contributed by atoms with Gasteiger partial charge in [0.05, 0.1) is 12.6 Å². The van der Waals surface area contributed by atoms with E-state index >= 15 is 0 Å². The number of hydrogen-bond donors (Lipinski definition) is 3. The molecule has 19 heavy (non-hydrogen) atoms. The highest BCUT2D eigenvalue weighted by molar-refractivity contribution is 5.72. The summed E-state index contributed by atoms with van der Waals surface area (Å²) in [5.74, 6) is 0. The first-order valence-electron chi connectivity index (χ1n) is 6.67. The van der Waals surface area contributed by atoms with E-state index in [1.54, 1.807) is 4.90 Å². The number of nitrogens with one attached hydrogen (secondary N) is 1. The SMILES string of the molecule is NC(=O)N1CCC(NC(CO)c2ccccc2)CC1. The van der Waals surface area contributed by atoms with Gasteiger partial charge in [0.25, 0.3) is 0 Å². The van der Waals surface area contributed by atoms with Gasteiger partial charge in [-0.2, -0.15) is 0 Å². The quantitative estimate of drug-likeness (QED) is 0.753. The van der Waals surface area contributed by atoms with Gasteiger partial charge in [0, 0.05) is 19.1 Å². The topological polar surface area (TPSA) is 78.6 Å². The van der Waals surface area contributed by atoms with Gasteiger partial charge in [-0.15, -0.1) is 0 Å². The Balaban J connectivity index is 1.89. The lowest BCUT2D eigenvalue weighted by molar-refractivity contribution is 0.172. The Morgan fingerprint density at radius 2 is 2.00 bits per heavy atom. The van der Waals surface area contributed by atoms with E-state index in [4.69, 9.17) is 5.73 Å². The lowest BCUT2D eigenvalue weighted by Gasteiger charge is -2.33. The van der Waals surface area contributed by atoms with Crippen molar-refractivity contribution in [1.29, 1.82) is 0 Å². The van der Waals surface area contributed by atoms with Gasteiger partial charge in [0.15, 0.2) is 0 Å². The van der Waals surface area contributed by atoms with Gasteiger partial charge in [0.1, 0.15) is 0 Å². The molecule has 1 aromatic carbocycles. The molecular weight excluding hydrogens is 242 g/mol. The molecule has 1 aliphatic rings. The molecule has 5 heteroatoms. The first-order valence-corrected chi connectivity index (χ1v) is 6.67. The Morgan fingerprint density at radius 3 is 2.53 bits per heavy atom. The Morgan fingerprint density at radius 1 is 1.37 bits per heavy atom. The van der Waals surface area contributed by atoms with Crippen LogP contribution in [0.4, 0.5) is 4.79 Å². The summed E-state index contributed by atoms with van der Waals surface area (Å²) in [6.45, 7) is 1.43. The molecular formula is C14H21N3O2. The summed E-state index contributed by atoms with van der Waals surface area (Å²) in [6, 6.07) is 9.83. The van der Waals surface area contributed by atoms with Crippen LogP contribution in [0.2, 0.25) is 0 Å². The summed E-state index contributed by atoms with van der Waals surface area (Å²) in [6.07, 6.45) is 1.73. The molecule has 0 radical (unpaired) electrons. The zero-order chi connectivity index (χ0) is 13.7. The predicted molar refractivity (Wildman–Crippen MR) is 73.6 cm³/mol. The second kappa shape index (κ2) is 6.54. The molecule has 1 unspecified atom stereocenters. The first kappa shape index (κ1) is 13.8. The number of aliphatic hydroxyl groups is 1. The monoisotopic (exact) mass is 263 g/mol. The lowest BCUT2D eigenvalue weighted by atomic mass is 10.0. The normalized spacial score (nSPS) is 18.3. The Bertz CT molecular complexity index is 402. The van der Waals surface area contributed by atoms with Crippen molar-refractivity contribution in [1.82, 2.24) is 10.2 Å². The van der Waals surface area contributed by atoms with Crippen LogP contribution in [0, 0.1) is 0 Å². The van der Waals surface area contributed by atoms with E-state index in [1.807, 2.05) is 30.3 Å². The van der Waals surface area contributed by atoms with E-state index in [-0.39, 0.29) is 18.7 Å². The smallest absolute Gasteiger partial charge is 0.314 e. The highest BCUT2D eigenvalue weighted by Gasteiger charge is 2.23. The molecule has 4 N–H and O–H groups in total. The van der Waals surface area contributed by atoms with E-state index in [9.17, 15) is 9.90 Å². The number of hydrogen-bond acceptors (Lipinski definition) is 3. The minimum absolute atomic E-state index is 0.0497. The van der Waals surface area contributed by atoms with Crippen LogP contribution in [-0.4, -0.2) is 41.8 Å². The Hall–Kier alpha value is -1.59. The van der Waals surface area contributed by atoms with Crippen LogP contribution < -0.4 is 11.1 Å². The zero-order valence-electron chi connectivity index (χ0n) is 11.0.